The third-order valence-corrected chi connectivity index (χ3v) is 9.02. The first-order valence-electron chi connectivity index (χ1n) is 11.8. The van der Waals surface area contributed by atoms with Gasteiger partial charge in [-0.15, -0.1) is 0 Å². The molecule has 1 aliphatic heterocycles. The van der Waals surface area contributed by atoms with Crippen LogP contribution < -0.4 is 5.32 Å². The fraction of sp³-hybridized carbons (Fsp3) is 0.708. The summed E-state index contributed by atoms with van der Waals surface area (Å²) in [4.78, 5) is 13.6. The highest BCUT2D eigenvalue weighted by Crippen LogP contribution is 2.36. The third-order valence-electron chi connectivity index (χ3n) is 6.98. The van der Waals surface area contributed by atoms with Gasteiger partial charge in [-0.1, -0.05) is 45.1 Å². The van der Waals surface area contributed by atoms with Crippen LogP contribution in [0.3, 0.4) is 0 Å². The molecular formula is C24H38N2O3S. The van der Waals surface area contributed by atoms with Crippen molar-refractivity contribution in [1.29, 1.82) is 0 Å². The zero-order chi connectivity index (χ0) is 21.7. The van der Waals surface area contributed by atoms with Crippen LogP contribution >= 0.6 is 0 Å². The summed E-state index contributed by atoms with van der Waals surface area (Å²) in [6.45, 7) is 7.13. The highest BCUT2D eigenvalue weighted by Gasteiger charge is 2.32. The molecule has 1 aromatic rings. The molecule has 6 heteroatoms. The predicted octanol–water partition coefficient (Wildman–Crippen LogP) is 5.41. The minimum atomic E-state index is -3.53. The molecule has 1 N–H and O–H groups in total. The van der Waals surface area contributed by atoms with Gasteiger partial charge < -0.3 is 5.32 Å². The van der Waals surface area contributed by atoms with E-state index in [1.54, 1.807) is 10.4 Å². The van der Waals surface area contributed by atoms with Crippen LogP contribution in [0.5, 0.6) is 0 Å². The van der Waals surface area contributed by atoms with Crippen LogP contribution in [0.25, 0.3) is 0 Å². The van der Waals surface area contributed by atoms with E-state index in [0.717, 1.165) is 63.4 Å². The lowest BCUT2D eigenvalue weighted by Gasteiger charge is -2.31. The zero-order valence-electron chi connectivity index (χ0n) is 18.9. The van der Waals surface area contributed by atoms with Crippen molar-refractivity contribution in [3.63, 3.8) is 0 Å². The SMILES string of the molecule is CCCCC1CCCCC1C(=O)Nc1c(C)ccc(S(=O)(=O)N2CCCCC2)c1C. The molecule has 1 heterocycles. The number of nitrogens with zero attached hydrogens (tertiary/aromatic N) is 1. The molecule has 5 nitrogen and oxygen atoms in total. The number of anilines is 1. The van der Waals surface area contributed by atoms with Crippen LogP contribution in [-0.4, -0.2) is 31.7 Å². The smallest absolute Gasteiger partial charge is 0.243 e. The summed E-state index contributed by atoms with van der Waals surface area (Å²) in [6, 6.07) is 3.53. The average Bonchev–Trinajstić information content (AvgIpc) is 2.75. The normalized spacial score (nSPS) is 23.3. The van der Waals surface area contributed by atoms with Gasteiger partial charge in [-0.3, -0.25) is 4.79 Å². The van der Waals surface area contributed by atoms with E-state index in [2.05, 4.69) is 12.2 Å². The Balaban J connectivity index is 1.83. The van der Waals surface area contributed by atoms with Crippen LogP contribution in [0.2, 0.25) is 0 Å². The molecule has 2 fully saturated rings. The van der Waals surface area contributed by atoms with Crippen molar-refractivity contribution < 1.29 is 13.2 Å². The van der Waals surface area contributed by atoms with Gasteiger partial charge in [0.05, 0.1) is 4.90 Å². The molecule has 0 spiro atoms. The van der Waals surface area contributed by atoms with Crippen molar-refractivity contribution >= 4 is 21.6 Å². The largest absolute Gasteiger partial charge is 0.325 e. The third kappa shape index (κ3) is 5.08. The number of amides is 1. The maximum Gasteiger partial charge on any atom is 0.243 e. The zero-order valence-corrected chi connectivity index (χ0v) is 19.7. The lowest BCUT2D eigenvalue weighted by atomic mass is 9.76. The van der Waals surface area contributed by atoms with Crippen molar-refractivity contribution in [3.05, 3.63) is 23.3 Å². The summed E-state index contributed by atoms with van der Waals surface area (Å²) < 4.78 is 28.1. The molecular weight excluding hydrogens is 396 g/mol. The molecule has 3 rings (SSSR count). The highest BCUT2D eigenvalue weighted by atomic mass is 32.2. The van der Waals surface area contributed by atoms with Crippen LogP contribution in [0.1, 0.15) is 82.3 Å². The molecule has 2 unspecified atom stereocenters. The Hall–Kier alpha value is -1.40. The number of piperidine rings is 1. The molecule has 1 aromatic carbocycles. The molecule has 1 saturated carbocycles. The summed E-state index contributed by atoms with van der Waals surface area (Å²) in [5.41, 5.74) is 2.26. The number of carbonyl (C=O) groups is 1. The quantitative estimate of drug-likeness (QED) is 0.624. The molecule has 168 valence electrons. The number of rotatable bonds is 7. The second-order valence-electron chi connectivity index (χ2n) is 9.13. The van der Waals surface area contributed by atoms with Gasteiger partial charge >= 0.3 is 0 Å². The molecule has 0 radical (unpaired) electrons. The van der Waals surface area contributed by atoms with Crippen LogP contribution in [0, 0.1) is 25.7 Å². The minimum Gasteiger partial charge on any atom is -0.325 e. The number of sulfonamides is 1. The Bertz CT molecular complexity index is 844. The van der Waals surface area contributed by atoms with Crippen molar-refractivity contribution in [2.45, 2.75) is 89.9 Å². The van der Waals surface area contributed by atoms with E-state index in [-0.39, 0.29) is 11.8 Å². The maximum atomic E-state index is 13.2. The molecule has 1 saturated heterocycles. The van der Waals surface area contributed by atoms with Gasteiger partial charge in [-0.25, -0.2) is 8.42 Å². The monoisotopic (exact) mass is 434 g/mol. The minimum absolute atomic E-state index is 0.0338. The fourth-order valence-corrected chi connectivity index (χ4v) is 6.87. The number of nitrogens with one attached hydrogen (secondary N) is 1. The summed E-state index contributed by atoms with van der Waals surface area (Å²) in [7, 11) is -3.53. The van der Waals surface area contributed by atoms with Crippen molar-refractivity contribution in [2.75, 3.05) is 18.4 Å². The Kier molecular flexibility index (Phi) is 7.97. The van der Waals surface area contributed by atoms with Crippen LogP contribution in [0.4, 0.5) is 5.69 Å². The lowest BCUT2D eigenvalue weighted by Crippen LogP contribution is -2.36. The van der Waals surface area contributed by atoms with E-state index in [1.165, 1.54) is 6.42 Å². The molecule has 30 heavy (non-hydrogen) atoms. The first kappa shape index (κ1) is 23.3. The lowest BCUT2D eigenvalue weighted by molar-refractivity contribution is -0.122. The Morgan fingerprint density at radius 3 is 2.47 bits per heavy atom. The summed E-state index contributed by atoms with van der Waals surface area (Å²) >= 11 is 0. The Morgan fingerprint density at radius 2 is 1.77 bits per heavy atom. The molecule has 0 bridgehead atoms. The maximum absolute atomic E-state index is 13.2. The predicted molar refractivity (Wildman–Crippen MR) is 122 cm³/mol. The number of unbranched alkanes of at least 4 members (excludes halogenated alkanes) is 1. The summed E-state index contributed by atoms with van der Waals surface area (Å²) in [5.74, 6) is 0.542. The van der Waals surface area contributed by atoms with Gasteiger partial charge in [0.2, 0.25) is 15.9 Å². The van der Waals surface area contributed by atoms with E-state index < -0.39 is 10.0 Å². The van der Waals surface area contributed by atoms with Crippen LogP contribution in [0.15, 0.2) is 17.0 Å². The van der Waals surface area contributed by atoms with E-state index >= 15 is 0 Å². The fourth-order valence-electron chi connectivity index (χ4n) is 5.12. The Labute approximate surface area is 182 Å². The van der Waals surface area contributed by atoms with Gasteiger partial charge in [-0.2, -0.15) is 4.31 Å². The van der Waals surface area contributed by atoms with Gasteiger partial charge in [0, 0.05) is 24.7 Å². The van der Waals surface area contributed by atoms with Gasteiger partial charge in [0.1, 0.15) is 0 Å². The summed E-state index contributed by atoms with van der Waals surface area (Å²) in [6.07, 6.45) is 10.7. The number of carbonyl (C=O) groups excluding carboxylic acids is 1. The van der Waals surface area contributed by atoms with Crippen molar-refractivity contribution in [2.24, 2.45) is 11.8 Å². The van der Waals surface area contributed by atoms with E-state index in [1.807, 2.05) is 19.9 Å². The van der Waals surface area contributed by atoms with Gasteiger partial charge in [0.25, 0.3) is 0 Å². The molecule has 2 aliphatic rings. The number of hydrogen-bond acceptors (Lipinski definition) is 3. The second-order valence-corrected chi connectivity index (χ2v) is 11.0. The average molecular weight is 435 g/mol. The standard InChI is InChI=1S/C24H38N2O3S/c1-4-5-11-20-12-7-8-13-21(20)24(27)25-23-18(2)14-15-22(19(23)3)30(28,29)26-16-9-6-10-17-26/h14-15,20-21H,4-13,16-17H2,1-3H3,(H,25,27). The molecule has 1 amide bonds. The first-order valence-corrected chi connectivity index (χ1v) is 13.2. The number of hydrogen-bond donors (Lipinski definition) is 1. The number of benzene rings is 1. The second kappa shape index (κ2) is 10.3. The van der Waals surface area contributed by atoms with Crippen LogP contribution in [-0.2, 0) is 14.8 Å². The van der Waals surface area contributed by atoms with E-state index in [0.29, 0.717) is 35.2 Å². The number of aryl methyl sites for hydroxylation is 1. The van der Waals surface area contributed by atoms with E-state index in [9.17, 15) is 13.2 Å². The van der Waals surface area contributed by atoms with Gasteiger partial charge in [-0.05, 0) is 69.1 Å². The summed E-state index contributed by atoms with van der Waals surface area (Å²) in [5, 5.41) is 3.15. The highest BCUT2D eigenvalue weighted by molar-refractivity contribution is 7.89. The van der Waals surface area contributed by atoms with Gasteiger partial charge in [0.15, 0.2) is 0 Å². The first-order chi connectivity index (χ1) is 14.4. The molecule has 0 aromatic heterocycles. The van der Waals surface area contributed by atoms with E-state index in [4.69, 9.17) is 0 Å². The molecule has 2 atom stereocenters. The Morgan fingerprint density at radius 1 is 1.07 bits per heavy atom. The van der Waals surface area contributed by atoms with Crippen molar-refractivity contribution in [3.8, 4) is 0 Å². The molecule has 1 aliphatic carbocycles. The topological polar surface area (TPSA) is 66.5 Å². The van der Waals surface area contributed by atoms with Crippen molar-refractivity contribution in [1.82, 2.24) is 4.31 Å².